The minimum absolute atomic E-state index is 0.286. The minimum Gasteiger partial charge on any atom is -0.408 e. The van der Waals surface area contributed by atoms with Crippen molar-refractivity contribution in [2.45, 2.75) is 25.8 Å². The van der Waals surface area contributed by atoms with Crippen molar-refractivity contribution in [1.29, 1.82) is 0 Å². The van der Waals surface area contributed by atoms with Gasteiger partial charge in [-0.05, 0) is 13.3 Å². The minimum atomic E-state index is 0.286. The topological polar surface area (TPSA) is 86.2 Å². The molecule has 6 nitrogen and oxygen atoms in total. The Morgan fingerprint density at radius 3 is 3.12 bits per heavy atom. The fraction of sp³-hybridized carbons (Fsp3) is 0.800. The van der Waals surface area contributed by atoms with E-state index in [9.17, 15) is 0 Å². The molecule has 1 aromatic rings. The summed E-state index contributed by atoms with van der Waals surface area (Å²) >= 11 is 0. The molecule has 90 valence electrons. The van der Waals surface area contributed by atoms with Gasteiger partial charge < -0.3 is 20.2 Å². The Kier molecular flexibility index (Phi) is 3.74. The lowest BCUT2D eigenvalue weighted by Crippen LogP contribution is -2.26. The van der Waals surface area contributed by atoms with E-state index in [-0.39, 0.29) is 6.04 Å². The number of hydrogen-bond acceptors (Lipinski definition) is 6. The van der Waals surface area contributed by atoms with Gasteiger partial charge in [-0.3, -0.25) is 0 Å². The molecule has 0 aliphatic carbocycles. The van der Waals surface area contributed by atoms with Crippen LogP contribution in [0, 0.1) is 5.92 Å². The second-order valence-corrected chi connectivity index (χ2v) is 4.10. The standard InChI is InChI=1S/C10H18N4O2/c1-7(8-3-5-15-6-8)12-10-14-13-9(16-10)2-4-11/h7-8H,2-6,11H2,1H3,(H,12,14). The number of aromatic nitrogens is 2. The summed E-state index contributed by atoms with van der Waals surface area (Å²) in [5, 5.41) is 11.0. The molecule has 2 rings (SSSR count). The van der Waals surface area contributed by atoms with Crippen LogP contribution in [0.5, 0.6) is 0 Å². The number of ether oxygens (including phenoxy) is 1. The second kappa shape index (κ2) is 5.27. The van der Waals surface area contributed by atoms with E-state index in [2.05, 4.69) is 22.4 Å². The number of hydrogen-bond donors (Lipinski definition) is 2. The number of rotatable bonds is 5. The maximum Gasteiger partial charge on any atom is 0.315 e. The van der Waals surface area contributed by atoms with Crippen LogP contribution in [0.2, 0.25) is 0 Å². The van der Waals surface area contributed by atoms with E-state index in [1.807, 2.05) is 0 Å². The van der Waals surface area contributed by atoms with E-state index >= 15 is 0 Å². The summed E-state index contributed by atoms with van der Waals surface area (Å²) in [7, 11) is 0. The van der Waals surface area contributed by atoms with Gasteiger partial charge in [-0.2, -0.15) is 0 Å². The van der Waals surface area contributed by atoms with Gasteiger partial charge in [-0.1, -0.05) is 5.10 Å². The first-order valence-corrected chi connectivity index (χ1v) is 5.66. The summed E-state index contributed by atoms with van der Waals surface area (Å²) in [5.41, 5.74) is 5.41. The van der Waals surface area contributed by atoms with E-state index in [0.29, 0.717) is 30.8 Å². The number of nitrogens with one attached hydrogen (secondary N) is 1. The van der Waals surface area contributed by atoms with Gasteiger partial charge in [-0.15, -0.1) is 5.10 Å². The van der Waals surface area contributed by atoms with Crippen LogP contribution < -0.4 is 11.1 Å². The van der Waals surface area contributed by atoms with Crippen LogP contribution in [0.4, 0.5) is 6.01 Å². The Morgan fingerprint density at radius 2 is 2.44 bits per heavy atom. The van der Waals surface area contributed by atoms with Crippen LogP contribution >= 0.6 is 0 Å². The van der Waals surface area contributed by atoms with Crippen LogP contribution in [0.3, 0.4) is 0 Å². The SMILES string of the molecule is CC(Nc1nnc(CCN)o1)C1CCOC1. The van der Waals surface area contributed by atoms with Crippen molar-refractivity contribution in [1.82, 2.24) is 10.2 Å². The first-order valence-electron chi connectivity index (χ1n) is 5.66. The predicted octanol–water partition coefficient (Wildman–Crippen LogP) is 0.408. The van der Waals surface area contributed by atoms with Crippen molar-refractivity contribution >= 4 is 6.01 Å². The molecule has 3 N–H and O–H groups in total. The quantitative estimate of drug-likeness (QED) is 0.756. The average Bonchev–Trinajstić information content (AvgIpc) is 2.89. The number of nitrogens with zero attached hydrogens (tertiary/aromatic N) is 2. The Balaban J connectivity index is 1.87. The molecule has 0 saturated carbocycles. The van der Waals surface area contributed by atoms with Gasteiger partial charge >= 0.3 is 6.01 Å². The molecular formula is C10H18N4O2. The molecule has 0 bridgehead atoms. The maximum atomic E-state index is 5.41. The molecule has 0 amide bonds. The van der Waals surface area contributed by atoms with Gasteiger partial charge in [0.05, 0.1) is 6.61 Å². The summed E-state index contributed by atoms with van der Waals surface area (Å²) in [5.74, 6) is 1.10. The smallest absolute Gasteiger partial charge is 0.315 e. The highest BCUT2D eigenvalue weighted by Crippen LogP contribution is 2.19. The second-order valence-electron chi connectivity index (χ2n) is 4.10. The van der Waals surface area contributed by atoms with Crippen molar-refractivity contribution in [2.75, 3.05) is 25.1 Å². The molecule has 2 atom stereocenters. The summed E-state index contributed by atoms with van der Waals surface area (Å²) in [6.45, 7) is 4.27. The summed E-state index contributed by atoms with van der Waals surface area (Å²) in [4.78, 5) is 0. The largest absolute Gasteiger partial charge is 0.408 e. The molecule has 0 spiro atoms. The van der Waals surface area contributed by atoms with Gasteiger partial charge in [0.25, 0.3) is 0 Å². The van der Waals surface area contributed by atoms with Gasteiger partial charge in [0, 0.05) is 31.5 Å². The average molecular weight is 226 g/mol. The number of nitrogens with two attached hydrogens (primary N) is 1. The molecule has 0 aromatic carbocycles. The fourth-order valence-electron chi connectivity index (χ4n) is 1.80. The van der Waals surface area contributed by atoms with Crippen LogP contribution in [-0.4, -0.2) is 36.0 Å². The van der Waals surface area contributed by atoms with Crippen molar-refractivity contribution in [2.24, 2.45) is 11.7 Å². The molecule has 1 aromatic heterocycles. The molecule has 1 saturated heterocycles. The Hall–Kier alpha value is -1.14. The molecule has 1 aliphatic rings. The molecular weight excluding hydrogens is 208 g/mol. The van der Waals surface area contributed by atoms with E-state index < -0.39 is 0 Å². The monoisotopic (exact) mass is 226 g/mol. The summed E-state index contributed by atoms with van der Waals surface area (Å²) < 4.78 is 10.7. The van der Waals surface area contributed by atoms with E-state index in [0.717, 1.165) is 19.6 Å². The maximum absolute atomic E-state index is 5.41. The van der Waals surface area contributed by atoms with Crippen molar-refractivity contribution in [3.63, 3.8) is 0 Å². The van der Waals surface area contributed by atoms with Crippen LogP contribution in [0.1, 0.15) is 19.2 Å². The van der Waals surface area contributed by atoms with Crippen molar-refractivity contribution in [3.05, 3.63) is 5.89 Å². The van der Waals surface area contributed by atoms with E-state index in [1.165, 1.54) is 0 Å². The molecule has 1 aliphatic heterocycles. The van der Waals surface area contributed by atoms with E-state index in [1.54, 1.807) is 0 Å². The normalized spacial score (nSPS) is 22.2. The Bertz CT molecular complexity index is 322. The zero-order chi connectivity index (χ0) is 11.4. The molecule has 2 unspecified atom stereocenters. The molecule has 1 fully saturated rings. The van der Waals surface area contributed by atoms with Crippen LogP contribution in [-0.2, 0) is 11.2 Å². The zero-order valence-corrected chi connectivity index (χ0v) is 9.48. The lowest BCUT2D eigenvalue weighted by molar-refractivity contribution is 0.183. The molecule has 6 heteroatoms. The van der Waals surface area contributed by atoms with Crippen LogP contribution in [0.15, 0.2) is 4.42 Å². The van der Waals surface area contributed by atoms with Crippen molar-refractivity contribution in [3.8, 4) is 0 Å². The summed E-state index contributed by atoms with van der Waals surface area (Å²) in [6, 6.07) is 0.761. The highest BCUT2D eigenvalue weighted by molar-refractivity contribution is 5.19. The van der Waals surface area contributed by atoms with Gasteiger partial charge in [0.15, 0.2) is 0 Å². The van der Waals surface area contributed by atoms with E-state index in [4.69, 9.17) is 14.9 Å². The predicted molar refractivity (Wildman–Crippen MR) is 59.1 cm³/mol. The molecule has 2 heterocycles. The third kappa shape index (κ3) is 2.70. The summed E-state index contributed by atoms with van der Waals surface area (Å²) in [6.07, 6.45) is 1.70. The third-order valence-corrected chi connectivity index (χ3v) is 2.85. The van der Waals surface area contributed by atoms with Crippen molar-refractivity contribution < 1.29 is 9.15 Å². The lowest BCUT2D eigenvalue weighted by atomic mass is 10.0. The molecule has 16 heavy (non-hydrogen) atoms. The first kappa shape index (κ1) is 11.3. The first-order chi connectivity index (χ1) is 7.79. The van der Waals surface area contributed by atoms with Gasteiger partial charge in [0.1, 0.15) is 0 Å². The highest BCUT2D eigenvalue weighted by atomic mass is 16.5. The molecule has 0 radical (unpaired) electrons. The number of anilines is 1. The third-order valence-electron chi connectivity index (χ3n) is 2.85. The highest BCUT2D eigenvalue weighted by Gasteiger charge is 2.23. The lowest BCUT2D eigenvalue weighted by Gasteiger charge is -2.17. The zero-order valence-electron chi connectivity index (χ0n) is 9.48. The van der Waals surface area contributed by atoms with Gasteiger partial charge in [0.2, 0.25) is 5.89 Å². The fourth-order valence-corrected chi connectivity index (χ4v) is 1.80. The Morgan fingerprint density at radius 1 is 1.56 bits per heavy atom. The van der Waals surface area contributed by atoms with Crippen LogP contribution in [0.25, 0.3) is 0 Å². The van der Waals surface area contributed by atoms with Gasteiger partial charge in [-0.25, -0.2) is 0 Å². The Labute approximate surface area is 94.6 Å².